The first-order valence-electron chi connectivity index (χ1n) is 6.93. The number of amides is 1. The molecule has 20 heavy (non-hydrogen) atoms. The van der Waals surface area contributed by atoms with Gasteiger partial charge < -0.3 is 10.6 Å². The van der Waals surface area contributed by atoms with E-state index in [1.54, 1.807) is 11.3 Å². The van der Waals surface area contributed by atoms with Crippen LogP contribution < -0.4 is 5.73 Å². The van der Waals surface area contributed by atoms with E-state index in [9.17, 15) is 4.79 Å². The Morgan fingerprint density at radius 2 is 2.00 bits per heavy atom. The van der Waals surface area contributed by atoms with Crippen LogP contribution in [0.25, 0.3) is 10.1 Å². The highest BCUT2D eigenvalue weighted by atomic mass is 32.1. The van der Waals surface area contributed by atoms with Gasteiger partial charge in [-0.1, -0.05) is 18.2 Å². The van der Waals surface area contributed by atoms with Gasteiger partial charge in [0, 0.05) is 22.7 Å². The molecule has 2 N–H and O–H groups in total. The van der Waals surface area contributed by atoms with Gasteiger partial charge in [0.2, 0.25) is 5.91 Å². The molecule has 0 bridgehead atoms. The van der Waals surface area contributed by atoms with Crippen LogP contribution >= 0.6 is 11.3 Å². The fourth-order valence-corrected chi connectivity index (χ4v) is 4.14. The molecule has 2 aromatic rings. The summed E-state index contributed by atoms with van der Waals surface area (Å²) in [6.07, 6.45) is 0.437. The molecule has 2 atom stereocenters. The first-order valence-corrected chi connectivity index (χ1v) is 7.81. The number of carbonyl (C=O) groups excluding carboxylic acids is 1. The minimum atomic E-state index is -0.209. The van der Waals surface area contributed by atoms with Gasteiger partial charge in [0.15, 0.2) is 0 Å². The third-order valence-electron chi connectivity index (χ3n) is 3.92. The molecule has 0 saturated carbocycles. The van der Waals surface area contributed by atoms with Gasteiger partial charge in [0.1, 0.15) is 0 Å². The summed E-state index contributed by atoms with van der Waals surface area (Å²) in [4.78, 5) is 14.3. The molecule has 3 nitrogen and oxygen atoms in total. The van der Waals surface area contributed by atoms with Crippen LogP contribution in [-0.2, 0) is 4.79 Å². The summed E-state index contributed by atoms with van der Waals surface area (Å²) in [5.41, 5.74) is 7.26. The zero-order valence-electron chi connectivity index (χ0n) is 12.1. The van der Waals surface area contributed by atoms with E-state index >= 15 is 0 Å². The maximum absolute atomic E-state index is 12.3. The van der Waals surface area contributed by atoms with Gasteiger partial charge >= 0.3 is 0 Å². The highest BCUT2D eigenvalue weighted by molar-refractivity contribution is 7.17. The standard InChI is InChI=1S/C16H20N2OS/c1-16(2,3)18-14(19)8-12(17)15(18)11-9-20-13-7-5-4-6-10(11)13/h4-7,9,12,15H,8,17H2,1-3H3. The van der Waals surface area contributed by atoms with Crippen molar-refractivity contribution in [1.82, 2.24) is 4.90 Å². The first kappa shape index (κ1) is 13.6. The molecule has 3 rings (SSSR count). The molecule has 1 amide bonds. The maximum atomic E-state index is 12.3. The highest BCUT2D eigenvalue weighted by Crippen LogP contribution is 2.42. The maximum Gasteiger partial charge on any atom is 0.225 e. The number of thiophene rings is 1. The van der Waals surface area contributed by atoms with Crippen LogP contribution in [0, 0.1) is 0 Å². The van der Waals surface area contributed by atoms with E-state index in [1.165, 1.54) is 15.6 Å². The predicted molar refractivity (Wildman–Crippen MR) is 83.8 cm³/mol. The van der Waals surface area contributed by atoms with Gasteiger partial charge in [0.05, 0.1) is 6.04 Å². The van der Waals surface area contributed by atoms with Crippen molar-refractivity contribution in [2.24, 2.45) is 5.73 Å². The number of hydrogen-bond acceptors (Lipinski definition) is 3. The quantitative estimate of drug-likeness (QED) is 0.875. The second-order valence-corrected chi connectivity index (χ2v) is 7.35. The van der Waals surface area contributed by atoms with E-state index in [2.05, 4.69) is 38.3 Å². The van der Waals surface area contributed by atoms with Crippen molar-refractivity contribution in [3.8, 4) is 0 Å². The Balaban J connectivity index is 2.13. The summed E-state index contributed by atoms with van der Waals surface area (Å²) >= 11 is 1.72. The van der Waals surface area contributed by atoms with Gasteiger partial charge in [-0.15, -0.1) is 11.3 Å². The van der Waals surface area contributed by atoms with Crippen molar-refractivity contribution in [3.05, 3.63) is 35.2 Å². The Morgan fingerprint density at radius 3 is 2.70 bits per heavy atom. The van der Waals surface area contributed by atoms with Crippen LogP contribution in [-0.4, -0.2) is 22.4 Å². The molecule has 1 saturated heterocycles. The van der Waals surface area contributed by atoms with E-state index < -0.39 is 0 Å². The summed E-state index contributed by atoms with van der Waals surface area (Å²) in [5, 5.41) is 3.38. The number of carbonyl (C=O) groups is 1. The van der Waals surface area contributed by atoms with Crippen LogP contribution in [0.2, 0.25) is 0 Å². The number of rotatable bonds is 1. The number of nitrogens with two attached hydrogens (primary N) is 1. The van der Waals surface area contributed by atoms with Crippen LogP contribution in [0.5, 0.6) is 0 Å². The largest absolute Gasteiger partial charge is 0.329 e. The third-order valence-corrected chi connectivity index (χ3v) is 4.90. The SMILES string of the molecule is CC(C)(C)N1C(=O)CC(N)C1c1csc2ccccc12. The minimum absolute atomic E-state index is 0.0151. The molecule has 0 aliphatic carbocycles. The van der Waals surface area contributed by atoms with Gasteiger partial charge in [0.25, 0.3) is 0 Å². The molecule has 1 fully saturated rings. The van der Waals surface area contributed by atoms with Crippen molar-refractivity contribution in [1.29, 1.82) is 0 Å². The Morgan fingerprint density at radius 1 is 1.30 bits per heavy atom. The molecule has 1 aromatic carbocycles. The smallest absolute Gasteiger partial charge is 0.225 e. The molecule has 2 heterocycles. The molecular weight excluding hydrogens is 268 g/mol. The minimum Gasteiger partial charge on any atom is -0.329 e. The van der Waals surface area contributed by atoms with Crippen molar-refractivity contribution in [2.75, 3.05) is 0 Å². The fraction of sp³-hybridized carbons (Fsp3) is 0.438. The predicted octanol–water partition coefficient (Wildman–Crippen LogP) is 3.30. The van der Waals surface area contributed by atoms with E-state index in [0.717, 1.165) is 0 Å². The Bertz CT molecular complexity index is 656. The number of hydrogen-bond donors (Lipinski definition) is 1. The Hall–Kier alpha value is -1.39. The monoisotopic (exact) mass is 288 g/mol. The number of fused-ring (bicyclic) bond motifs is 1. The number of nitrogens with zero attached hydrogens (tertiary/aromatic N) is 1. The third kappa shape index (κ3) is 2.03. The van der Waals surface area contributed by atoms with Crippen molar-refractivity contribution in [2.45, 2.75) is 44.8 Å². The van der Waals surface area contributed by atoms with Crippen LogP contribution in [0.4, 0.5) is 0 Å². The average molecular weight is 288 g/mol. The van der Waals surface area contributed by atoms with E-state index in [-0.39, 0.29) is 23.5 Å². The van der Waals surface area contributed by atoms with Crippen molar-refractivity contribution in [3.63, 3.8) is 0 Å². The van der Waals surface area contributed by atoms with Gasteiger partial charge in [-0.3, -0.25) is 4.79 Å². The molecule has 1 aliphatic heterocycles. The van der Waals surface area contributed by atoms with E-state index in [1.807, 2.05) is 17.0 Å². The normalized spacial score (nSPS) is 23.8. The topological polar surface area (TPSA) is 46.3 Å². The average Bonchev–Trinajstić information content (AvgIpc) is 2.89. The molecule has 106 valence electrons. The fourth-order valence-electron chi connectivity index (χ4n) is 3.15. The summed E-state index contributed by atoms with van der Waals surface area (Å²) in [5.74, 6) is 0.158. The molecule has 1 aliphatic rings. The zero-order valence-corrected chi connectivity index (χ0v) is 12.9. The van der Waals surface area contributed by atoms with Crippen LogP contribution in [0.3, 0.4) is 0 Å². The van der Waals surface area contributed by atoms with Gasteiger partial charge in [-0.05, 0) is 43.2 Å². The lowest BCUT2D eigenvalue weighted by atomic mass is 9.96. The molecule has 2 unspecified atom stereocenters. The summed E-state index contributed by atoms with van der Waals surface area (Å²) in [6, 6.07) is 8.19. The molecule has 0 radical (unpaired) electrons. The first-order chi connectivity index (χ1) is 9.39. The second kappa shape index (κ2) is 4.57. The van der Waals surface area contributed by atoms with Crippen molar-refractivity contribution < 1.29 is 4.79 Å². The number of benzene rings is 1. The van der Waals surface area contributed by atoms with Crippen LogP contribution in [0.1, 0.15) is 38.8 Å². The van der Waals surface area contributed by atoms with Crippen molar-refractivity contribution >= 4 is 27.3 Å². The Labute approximate surface area is 123 Å². The lowest BCUT2D eigenvalue weighted by Crippen LogP contribution is -2.45. The van der Waals surface area contributed by atoms with Gasteiger partial charge in [-0.25, -0.2) is 0 Å². The lowest BCUT2D eigenvalue weighted by molar-refractivity contribution is -0.133. The van der Waals surface area contributed by atoms with E-state index in [0.29, 0.717) is 6.42 Å². The molecule has 1 aromatic heterocycles. The summed E-state index contributed by atoms with van der Waals surface area (Å²) < 4.78 is 1.25. The molecule has 4 heteroatoms. The lowest BCUT2D eigenvalue weighted by Gasteiger charge is -2.38. The molecular formula is C16H20N2OS. The summed E-state index contributed by atoms with van der Waals surface area (Å²) in [7, 11) is 0. The second-order valence-electron chi connectivity index (χ2n) is 6.43. The van der Waals surface area contributed by atoms with Crippen LogP contribution in [0.15, 0.2) is 29.6 Å². The molecule has 0 spiro atoms. The zero-order chi connectivity index (χ0) is 14.5. The summed E-state index contributed by atoms with van der Waals surface area (Å²) in [6.45, 7) is 6.22. The van der Waals surface area contributed by atoms with Gasteiger partial charge in [-0.2, -0.15) is 0 Å². The Kier molecular flexibility index (Phi) is 3.10. The highest BCUT2D eigenvalue weighted by Gasteiger charge is 2.44. The van der Waals surface area contributed by atoms with E-state index in [4.69, 9.17) is 5.73 Å². The number of likely N-dealkylation sites (tertiary alicyclic amines) is 1.